The second-order valence-corrected chi connectivity index (χ2v) is 4.31. The van der Waals surface area contributed by atoms with Gasteiger partial charge in [-0.1, -0.05) is 23.4 Å². The molecule has 23 heavy (non-hydrogen) atoms. The minimum absolute atomic E-state index is 0.133. The number of rotatable bonds is 5. The van der Waals surface area contributed by atoms with Crippen molar-refractivity contribution in [2.75, 3.05) is 14.2 Å². The Bertz CT molecular complexity index is 770. The number of aromatic nitrogens is 3. The number of para-hydroxylation sites is 1. The number of nitro benzene ring substituents is 1. The molecule has 0 saturated heterocycles. The third-order valence-corrected chi connectivity index (χ3v) is 3.00. The summed E-state index contributed by atoms with van der Waals surface area (Å²) < 4.78 is 10.2. The van der Waals surface area contributed by atoms with Crippen LogP contribution in [0.2, 0.25) is 0 Å². The third kappa shape index (κ3) is 3.15. The molecule has 0 unspecified atom stereocenters. The minimum Gasteiger partial charge on any atom is -0.464 e. The van der Waals surface area contributed by atoms with Crippen LogP contribution in [0.5, 0.6) is 0 Å². The van der Waals surface area contributed by atoms with Gasteiger partial charge in [0.2, 0.25) is 5.69 Å². The van der Waals surface area contributed by atoms with E-state index in [1.54, 1.807) is 6.07 Å². The molecule has 0 amide bonds. The summed E-state index contributed by atoms with van der Waals surface area (Å²) in [7, 11) is 2.26. The van der Waals surface area contributed by atoms with Gasteiger partial charge in [-0.05, 0) is 0 Å². The second kappa shape index (κ2) is 6.64. The average molecular weight is 320 g/mol. The average Bonchev–Trinajstić information content (AvgIpc) is 2.97. The van der Waals surface area contributed by atoms with Crippen molar-refractivity contribution in [3.63, 3.8) is 0 Å². The fourth-order valence-electron chi connectivity index (χ4n) is 1.94. The van der Waals surface area contributed by atoms with Crippen LogP contribution in [0.4, 0.5) is 5.69 Å². The first-order chi connectivity index (χ1) is 11.0. The first kappa shape index (κ1) is 16.1. The molecule has 0 fully saturated rings. The maximum atomic E-state index is 11.9. The highest BCUT2D eigenvalue weighted by Crippen LogP contribution is 2.20. The van der Waals surface area contributed by atoms with Crippen molar-refractivity contribution < 1.29 is 24.0 Å². The van der Waals surface area contributed by atoms with Crippen LogP contribution in [0, 0.1) is 10.1 Å². The minimum atomic E-state index is -0.862. The molecule has 2 aromatic rings. The number of benzene rings is 1. The van der Waals surface area contributed by atoms with E-state index in [1.165, 1.54) is 18.2 Å². The molecule has 1 aromatic heterocycles. The van der Waals surface area contributed by atoms with Crippen molar-refractivity contribution in [2.45, 2.75) is 6.54 Å². The summed E-state index contributed by atoms with van der Waals surface area (Å²) in [4.78, 5) is 34.0. The molecule has 10 nitrogen and oxygen atoms in total. The molecule has 120 valence electrons. The lowest BCUT2D eigenvalue weighted by molar-refractivity contribution is -0.385. The van der Waals surface area contributed by atoms with E-state index < -0.39 is 16.9 Å². The zero-order chi connectivity index (χ0) is 17.0. The molecule has 1 aromatic carbocycles. The molecule has 0 aliphatic rings. The van der Waals surface area contributed by atoms with Gasteiger partial charge in [0.05, 0.1) is 31.3 Å². The predicted molar refractivity (Wildman–Crippen MR) is 74.9 cm³/mol. The maximum Gasteiger partial charge on any atom is 0.361 e. The SMILES string of the molecule is COC(=O)c1nnn(Cc2ccccc2[N+](=O)[O-])c1C(=O)OC. The molecular weight excluding hydrogens is 308 g/mol. The van der Waals surface area contributed by atoms with Crippen molar-refractivity contribution in [3.8, 4) is 0 Å². The van der Waals surface area contributed by atoms with Crippen molar-refractivity contribution in [2.24, 2.45) is 0 Å². The lowest BCUT2D eigenvalue weighted by Gasteiger charge is -2.06. The van der Waals surface area contributed by atoms with E-state index in [4.69, 9.17) is 0 Å². The van der Waals surface area contributed by atoms with Gasteiger partial charge < -0.3 is 9.47 Å². The molecule has 0 aliphatic carbocycles. The van der Waals surface area contributed by atoms with Gasteiger partial charge in [0.15, 0.2) is 5.69 Å². The van der Waals surface area contributed by atoms with E-state index in [1.807, 2.05) is 0 Å². The fourth-order valence-corrected chi connectivity index (χ4v) is 1.94. The first-order valence-corrected chi connectivity index (χ1v) is 6.32. The first-order valence-electron chi connectivity index (χ1n) is 6.32. The summed E-state index contributed by atoms with van der Waals surface area (Å²) in [5, 5.41) is 18.3. The smallest absolute Gasteiger partial charge is 0.361 e. The van der Waals surface area contributed by atoms with Crippen LogP contribution < -0.4 is 0 Å². The van der Waals surface area contributed by atoms with Gasteiger partial charge in [-0.2, -0.15) is 0 Å². The highest BCUT2D eigenvalue weighted by molar-refractivity contribution is 6.00. The highest BCUT2D eigenvalue weighted by Gasteiger charge is 2.27. The molecule has 2 rings (SSSR count). The molecule has 0 aliphatic heterocycles. The molecule has 0 saturated carbocycles. The number of hydrogen-bond acceptors (Lipinski definition) is 8. The summed E-state index contributed by atoms with van der Waals surface area (Å²) >= 11 is 0. The number of methoxy groups -OCH3 is 2. The van der Waals surface area contributed by atoms with Gasteiger partial charge in [0.1, 0.15) is 0 Å². The van der Waals surface area contributed by atoms with Crippen molar-refractivity contribution in [1.29, 1.82) is 0 Å². The van der Waals surface area contributed by atoms with Crippen molar-refractivity contribution in [3.05, 3.63) is 51.3 Å². The number of carbonyl (C=O) groups is 2. The molecule has 0 spiro atoms. The second-order valence-electron chi connectivity index (χ2n) is 4.31. The van der Waals surface area contributed by atoms with Crippen LogP contribution in [0.15, 0.2) is 24.3 Å². The normalized spacial score (nSPS) is 10.2. The van der Waals surface area contributed by atoms with E-state index in [0.717, 1.165) is 18.9 Å². The van der Waals surface area contributed by atoms with E-state index in [-0.39, 0.29) is 23.6 Å². The summed E-state index contributed by atoms with van der Waals surface area (Å²) in [6.45, 7) is -0.133. The number of carbonyl (C=O) groups excluding carboxylic acids is 2. The molecule has 0 bridgehead atoms. The lowest BCUT2D eigenvalue weighted by atomic mass is 10.2. The zero-order valence-corrected chi connectivity index (χ0v) is 12.3. The molecular formula is C13H12N4O6. The highest BCUT2D eigenvalue weighted by atomic mass is 16.6. The van der Waals surface area contributed by atoms with Gasteiger partial charge in [-0.15, -0.1) is 5.10 Å². The molecule has 0 N–H and O–H groups in total. The number of ether oxygens (including phenoxy) is 2. The Kier molecular flexibility index (Phi) is 4.64. The van der Waals surface area contributed by atoms with Crippen LogP contribution in [-0.4, -0.2) is 46.1 Å². The summed E-state index contributed by atoms with van der Waals surface area (Å²) in [5.74, 6) is -1.71. The number of nitrogens with zero attached hydrogens (tertiary/aromatic N) is 4. The Labute approximate surface area is 129 Å². The lowest BCUT2D eigenvalue weighted by Crippen LogP contribution is -2.17. The third-order valence-electron chi connectivity index (χ3n) is 3.00. The molecule has 10 heteroatoms. The van der Waals surface area contributed by atoms with Gasteiger partial charge in [0, 0.05) is 6.07 Å². The zero-order valence-electron chi connectivity index (χ0n) is 12.3. The quantitative estimate of drug-likeness (QED) is 0.450. The van der Waals surface area contributed by atoms with Crippen LogP contribution in [0.1, 0.15) is 26.5 Å². The van der Waals surface area contributed by atoms with Gasteiger partial charge >= 0.3 is 11.9 Å². The molecule has 0 radical (unpaired) electrons. The van der Waals surface area contributed by atoms with Crippen LogP contribution in [0.3, 0.4) is 0 Å². The van der Waals surface area contributed by atoms with Crippen LogP contribution >= 0.6 is 0 Å². The topological polar surface area (TPSA) is 126 Å². The standard InChI is InChI=1S/C13H12N4O6/c1-22-12(18)10-11(13(19)23-2)16(15-14-10)7-8-5-3-4-6-9(8)17(20)21/h3-6H,7H2,1-2H3. The monoisotopic (exact) mass is 320 g/mol. The largest absolute Gasteiger partial charge is 0.464 e. The summed E-state index contributed by atoms with van der Waals surface area (Å²) in [6.07, 6.45) is 0. The number of esters is 2. The van der Waals surface area contributed by atoms with E-state index in [0.29, 0.717) is 5.56 Å². The van der Waals surface area contributed by atoms with Crippen LogP contribution in [-0.2, 0) is 16.0 Å². The van der Waals surface area contributed by atoms with E-state index in [2.05, 4.69) is 19.8 Å². The predicted octanol–water partition coefficient (Wildman–Crippen LogP) is 0.808. The van der Waals surface area contributed by atoms with Crippen molar-refractivity contribution >= 4 is 17.6 Å². The Morgan fingerprint density at radius 2 is 1.87 bits per heavy atom. The fraction of sp³-hybridized carbons (Fsp3) is 0.231. The van der Waals surface area contributed by atoms with Gasteiger partial charge in [-0.3, -0.25) is 10.1 Å². The van der Waals surface area contributed by atoms with Gasteiger partial charge in [-0.25, -0.2) is 14.3 Å². The van der Waals surface area contributed by atoms with E-state index in [9.17, 15) is 19.7 Å². The number of hydrogen-bond donors (Lipinski definition) is 0. The summed E-state index contributed by atoms with van der Waals surface area (Å²) in [6, 6.07) is 5.96. The van der Waals surface area contributed by atoms with Gasteiger partial charge in [0.25, 0.3) is 5.69 Å². The Morgan fingerprint density at radius 3 is 2.48 bits per heavy atom. The van der Waals surface area contributed by atoms with Crippen molar-refractivity contribution in [1.82, 2.24) is 15.0 Å². The molecule has 1 heterocycles. The Balaban J connectivity index is 2.49. The Hall–Kier alpha value is -3.30. The van der Waals surface area contributed by atoms with Crippen LogP contribution in [0.25, 0.3) is 0 Å². The maximum absolute atomic E-state index is 11.9. The Morgan fingerprint density at radius 1 is 1.22 bits per heavy atom. The van der Waals surface area contributed by atoms with E-state index >= 15 is 0 Å². The number of nitro groups is 1. The summed E-state index contributed by atoms with van der Waals surface area (Å²) in [5.41, 5.74) is -0.405. The molecule has 0 atom stereocenters.